The van der Waals surface area contributed by atoms with Gasteiger partial charge in [0.05, 0.1) is 5.56 Å². The molecule has 0 saturated carbocycles. The fraction of sp³-hybridized carbons (Fsp3) is 0.0667. The summed E-state index contributed by atoms with van der Waals surface area (Å²) in [7, 11) is 0. The minimum atomic E-state index is -1.06. The highest BCUT2D eigenvalue weighted by molar-refractivity contribution is 6.30. The molecule has 0 aliphatic carbocycles. The van der Waals surface area contributed by atoms with Gasteiger partial charge in [-0.15, -0.1) is 0 Å². The lowest BCUT2D eigenvalue weighted by Crippen LogP contribution is -2.23. The maximum absolute atomic E-state index is 11.9. The molecule has 0 saturated heterocycles. The summed E-state index contributed by atoms with van der Waals surface area (Å²) in [5.41, 5.74) is 1.32. The topological polar surface area (TPSA) is 66.4 Å². The molecule has 4 nitrogen and oxygen atoms in total. The summed E-state index contributed by atoms with van der Waals surface area (Å²) in [5.74, 6) is -1.37. The van der Waals surface area contributed by atoms with E-state index in [2.05, 4.69) is 5.32 Å². The van der Waals surface area contributed by atoms with Crippen LogP contribution in [0.15, 0.2) is 48.5 Å². The van der Waals surface area contributed by atoms with Crippen LogP contribution in [0, 0.1) is 0 Å². The van der Waals surface area contributed by atoms with E-state index in [9.17, 15) is 9.59 Å². The first kappa shape index (κ1) is 14.1. The predicted molar refractivity (Wildman–Crippen MR) is 76.0 cm³/mol. The molecule has 0 aliphatic rings. The van der Waals surface area contributed by atoms with E-state index < -0.39 is 5.97 Å². The van der Waals surface area contributed by atoms with Gasteiger partial charge in [-0.1, -0.05) is 29.8 Å². The van der Waals surface area contributed by atoms with Crippen LogP contribution in [0.1, 0.15) is 26.3 Å². The molecule has 0 fully saturated rings. The summed E-state index contributed by atoms with van der Waals surface area (Å²) in [6, 6.07) is 13.0. The molecule has 0 unspecified atom stereocenters. The van der Waals surface area contributed by atoms with Gasteiger partial charge in [0.15, 0.2) is 0 Å². The highest BCUT2D eigenvalue weighted by atomic mass is 35.5. The standard InChI is InChI=1S/C15H12ClNO3/c16-13-6-4-10(5-7-13)9-17-14(18)11-2-1-3-12(8-11)15(19)20/h1-8H,9H2,(H,17,18)(H,19,20). The van der Waals surface area contributed by atoms with Crippen LogP contribution in [0.4, 0.5) is 0 Å². The average molecular weight is 290 g/mol. The Kier molecular flexibility index (Phi) is 4.38. The van der Waals surface area contributed by atoms with Gasteiger partial charge in [0.2, 0.25) is 0 Å². The Morgan fingerprint density at radius 3 is 2.35 bits per heavy atom. The molecular weight excluding hydrogens is 278 g/mol. The van der Waals surface area contributed by atoms with Gasteiger partial charge < -0.3 is 10.4 Å². The van der Waals surface area contributed by atoms with Gasteiger partial charge in [-0.05, 0) is 35.9 Å². The molecule has 2 N–H and O–H groups in total. The molecule has 0 heterocycles. The molecule has 0 spiro atoms. The summed E-state index contributed by atoms with van der Waals surface area (Å²) in [5, 5.41) is 12.2. The van der Waals surface area contributed by atoms with Crippen LogP contribution >= 0.6 is 11.6 Å². The zero-order valence-electron chi connectivity index (χ0n) is 10.5. The fourth-order valence-corrected chi connectivity index (χ4v) is 1.81. The van der Waals surface area contributed by atoms with E-state index in [1.807, 2.05) is 12.1 Å². The molecule has 2 rings (SSSR count). The van der Waals surface area contributed by atoms with Crippen LogP contribution in [-0.2, 0) is 6.54 Å². The van der Waals surface area contributed by atoms with Gasteiger partial charge in [0.25, 0.3) is 5.91 Å². The SMILES string of the molecule is O=C(O)c1cccc(C(=O)NCc2ccc(Cl)cc2)c1. The summed E-state index contributed by atoms with van der Waals surface area (Å²) >= 11 is 5.77. The summed E-state index contributed by atoms with van der Waals surface area (Å²) < 4.78 is 0. The number of carboxylic acid groups (broad SMARTS) is 1. The van der Waals surface area contributed by atoms with Crippen molar-refractivity contribution < 1.29 is 14.7 Å². The second-order valence-corrected chi connectivity index (χ2v) is 4.63. The van der Waals surface area contributed by atoms with Crippen molar-refractivity contribution in [1.82, 2.24) is 5.32 Å². The summed E-state index contributed by atoms with van der Waals surface area (Å²) in [6.07, 6.45) is 0. The Bertz CT molecular complexity index is 638. The molecule has 5 heteroatoms. The normalized spacial score (nSPS) is 10.1. The summed E-state index contributed by atoms with van der Waals surface area (Å²) in [4.78, 5) is 22.8. The summed E-state index contributed by atoms with van der Waals surface area (Å²) in [6.45, 7) is 0.354. The van der Waals surface area contributed by atoms with E-state index in [0.717, 1.165) is 5.56 Å². The highest BCUT2D eigenvalue weighted by Crippen LogP contribution is 2.10. The van der Waals surface area contributed by atoms with Crippen molar-refractivity contribution in [2.75, 3.05) is 0 Å². The molecule has 0 aliphatic heterocycles. The minimum absolute atomic E-state index is 0.0872. The van der Waals surface area contributed by atoms with Crippen molar-refractivity contribution in [3.8, 4) is 0 Å². The average Bonchev–Trinajstić information content (AvgIpc) is 2.46. The van der Waals surface area contributed by atoms with E-state index in [-0.39, 0.29) is 11.5 Å². The molecule has 0 bridgehead atoms. The maximum Gasteiger partial charge on any atom is 0.335 e. The first-order valence-corrected chi connectivity index (χ1v) is 6.30. The van der Waals surface area contributed by atoms with E-state index in [1.54, 1.807) is 24.3 Å². The number of carbonyl (C=O) groups is 2. The van der Waals surface area contributed by atoms with E-state index in [0.29, 0.717) is 17.1 Å². The van der Waals surface area contributed by atoms with Gasteiger partial charge in [-0.25, -0.2) is 4.79 Å². The van der Waals surface area contributed by atoms with Crippen LogP contribution in [0.25, 0.3) is 0 Å². The van der Waals surface area contributed by atoms with Crippen LogP contribution in [-0.4, -0.2) is 17.0 Å². The molecule has 2 aromatic rings. The number of carbonyl (C=O) groups excluding carboxylic acids is 1. The Labute approximate surface area is 121 Å². The van der Waals surface area contributed by atoms with Crippen LogP contribution in [0.3, 0.4) is 0 Å². The third-order valence-electron chi connectivity index (χ3n) is 2.74. The molecule has 1 amide bonds. The Morgan fingerprint density at radius 2 is 1.70 bits per heavy atom. The highest BCUT2D eigenvalue weighted by Gasteiger charge is 2.09. The molecule has 0 aromatic heterocycles. The molecule has 20 heavy (non-hydrogen) atoms. The Morgan fingerprint density at radius 1 is 1.05 bits per heavy atom. The number of hydrogen-bond acceptors (Lipinski definition) is 2. The number of benzene rings is 2. The lowest BCUT2D eigenvalue weighted by atomic mass is 10.1. The predicted octanol–water partition coefficient (Wildman–Crippen LogP) is 2.97. The second-order valence-electron chi connectivity index (χ2n) is 4.20. The Balaban J connectivity index is 2.03. The maximum atomic E-state index is 11.9. The number of nitrogens with one attached hydrogen (secondary N) is 1. The second kappa shape index (κ2) is 6.21. The van der Waals surface area contributed by atoms with Crippen LogP contribution in [0.5, 0.6) is 0 Å². The number of hydrogen-bond donors (Lipinski definition) is 2. The largest absolute Gasteiger partial charge is 0.478 e. The number of halogens is 1. The molecule has 2 aromatic carbocycles. The van der Waals surface area contributed by atoms with Crippen molar-refractivity contribution in [2.24, 2.45) is 0 Å². The quantitative estimate of drug-likeness (QED) is 0.909. The monoisotopic (exact) mass is 289 g/mol. The van der Waals surface area contributed by atoms with Gasteiger partial charge in [0.1, 0.15) is 0 Å². The number of aromatic carboxylic acids is 1. The van der Waals surface area contributed by atoms with Crippen molar-refractivity contribution in [3.63, 3.8) is 0 Å². The van der Waals surface area contributed by atoms with Crippen LogP contribution in [0.2, 0.25) is 5.02 Å². The smallest absolute Gasteiger partial charge is 0.335 e. The van der Waals surface area contributed by atoms with Crippen molar-refractivity contribution in [1.29, 1.82) is 0 Å². The van der Waals surface area contributed by atoms with E-state index in [1.165, 1.54) is 12.1 Å². The van der Waals surface area contributed by atoms with Gasteiger partial charge in [-0.3, -0.25) is 4.79 Å². The molecule has 0 atom stereocenters. The zero-order valence-corrected chi connectivity index (χ0v) is 11.2. The molecule has 0 radical (unpaired) electrons. The van der Waals surface area contributed by atoms with Crippen molar-refractivity contribution in [2.45, 2.75) is 6.54 Å². The first-order chi connectivity index (χ1) is 9.56. The third-order valence-corrected chi connectivity index (χ3v) is 2.99. The third kappa shape index (κ3) is 3.59. The number of amides is 1. The van der Waals surface area contributed by atoms with E-state index in [4.69, 9.17) is 16.7 Å². The minimum Gasteiger partial charge on any atom is -0.478 e. The number of rotatable bonds is 4. The van der Waals surface area contributed by atoms with E-state index >= 15 is 0 Å². The fourth-order valence-electron chi connectivity index (χ4n) is 1.68. The Hall–Kier alpha value is -2.33. The molecule has 102 valence electrons. The van der Waals surface area contributed by atoms with Crippen LogP contribution < -0.4 is 5.32 Å². The zero-order chi connectivity index (χ0) is 14.5. The van der Waals surface area contributed by atoms with Crippen molar-refractivity contribution in [3.05, 3.63) is 70.2 Å². The number of carboxylic acids is 1. The van der Waals surface area contributed by atoms with Gasteiger partial charge >= 0.3 is 5.97 Å². The first-order valence-electron chi connectivity index (χ1n) is 5.92. The lowest BCUT2D eigenvalue weighted by Gasteiger charge is -2.06. The molecular formula is C15H12ClNO3. The van der Waals surface area contributed by atoms with Gasteiger partial charge in [-0.2, -0.15) is 0 Å². The van der Waals surface area contributed by atoms with Crippen molar-refractivity contribution >= 4 is 23.5 Å². The van der Waals surface area contributed by atoms with Gasteiger partial charge in [0, 0.05) is 17.1 Å². The lowest BCUT2D eigenvalue weighted by molar-refractivity contribution is 0.0697.